The van der Waals surface area contributed by atoms with Gasteiger partial charge in [0.1, 0.15) is 5.82 Å². The first-order valence-electron chi connectivity index (χ1n) is 4.89. The van der Waals surface area contributed by atoms with E-state index in [1.807, 2.05) is 0 Å². The van der Waals surface area contributed by atoms with Gasteiger partial charge in [0.2, 0.25) is 0 Å². The van der Waals surface area contributed by atoms with Crippen LogP contribution in [0.4, 0.5) is 4.39 Å². The minimum atomic E-state index is -1.98. The molecule has 17 heavy (non-hydrogen) atoms. The highest BCUT2D eigenvalue weighted by molar-refractivity contribution is 9.10. The molecule has 0 radical (unpaired) electrons. The summed E-state index contributed by atoms with van der Waals surface area (Å²) in [5.74, 6) is -1.47. The van der Waals surface area contributed by atoms with E-state index in [0.717, 1.165) is 12.1 Å². The van der Waals surface area contributed by atoms with Crippen LogP contribution in [0.15, 0.2) is 16.6 Å². The lowest BCUT2D eigenvalue weighted by Gasteiger charge is -2.11. The van der Waals surface area contributed by atoms with Crippen LogP contribution in [-0.4, -0.2) is 29.2 Å². The fourth-order valence-electron chi connectivity index (χ4n) is 1.20. The van der Waals surface area contributed by atoms with E-state index in [2.05, 4.69) is 15.9 Å². The standard InChI is InChI=1S/C10H11BBrFO4/c1-5(2)17-10(14)6-3-7(11(15)16)9(13)4-8(6)12/h3-5,15-16H,1-2H3. The number of hydrogen-bond donors (Lipinski definition) is 2. The number of halogens is 2. The highest BCUT2D eigenvalue weighted by Gasteiger charge is 2.22. The quantitative estimate of drug-likeness (QED) is 0.641. The van der Waals surface area contributed by atoms with E-state index in [1.165, 1.54) is 0 Å². The molecule has 0 aliphatic heterocycles. The molecule has 7 heteroatoms. The molecule has 0 aromatic heterocycles. The van der Waals surface area contributed by atoms with Crippen LogP contribution in [0.2, 0.25) is 0 Å². The van der Waals surface area contributed by atoms with Crippen molar-refractivity contribution in [3.05, 3.63) is 28.0 Å². The smallest absolute Gasteiger partial charge is 0.459 e. The Labute approximate surface area is 107 Å². The first-order chi connectivity index (χ1) is 7.82. The topological polar surface area (TPSA) is 66.8 Å². The Morgan fingerprint density at radius 2 is 2.06 bits per heavy atom. The number of esters is 1. The van der Waals surface area contributed by atoms with Crippen LogP contribution < -0.4 is 5.46 Å². The van der Waals surface area contributed by atoms with Gasteiger partial charge in [-0.05, 0) is 41.9 Å². The lowest BCUT2D eigenvalue weighted by molar-refractivity contribution is 0.0377. The average Bonchev–Trinajstić information content (AvgIpc) is 2.15. The van der Waals surface area contributed by atoms with E-state index in [0.29, 0.717) is 0 Å². The minimum absolute atomic E-state index is 0.0446. The molecule has 2 N–H and O–H groups in total. The summed E-state index contributed by atoms with van der Waals surface area (Å²) < 4.78 is 18.4. The molecule has 1 aromatic rings. The lowest BCUT2D eigenvalue weighted by atomic mass is 9.79. The third kappa shape index (κ3) is 3.52. The molecule has 0 bridgehead atoms. The maximum atomic E-state index is 13.3. The van der Waals surface area contributed by atoms with Crippen molar-refractivity contribution in [2.75, 3.05) is 0 Å². The molecule has 0 unspecified atom stereocenters. The van der Waals surface area contributed by atoms with Crippen molar-refractivity contribution >= 4 is 34.5 Å². The zero-order valence-electron chi connectivity index (χ0n) is 9.28. The fraction of sp³-hybridized carbons (Fsp3) is 0.300. The first-order valence-corrected chi connectivity index (χ1v) is 5.68. The van der Waals surface area contributed by atoms with Gasteiger partial charge in [-0.15, -0.1) is 0 Å². The summed E-state index contributed by atoms with van der Waals surface area (Å²) >= 11 is 3.02. The molecule has 0 aliphatic carbocycles. The monoisotopic (exact) mass is 304 g/mol. The highest BCUT2D eigenvalue weighted by Crippen LogP contribution is 2.18. The molecule has 4 nitrogen and oxygen atoms in total. The van der Waals surface area contributed by atoms with Crippen molar-refractivity contribution in [2.24, 2.45) is 0 Å². The van der Waals surface area contributed by atoms with Gasteiger partial charge in [0, 0.05) is 9.94 Å². The predicted molar refractivity (Wildman–Crippen MR) is 64.5 cm³/mol. The largest absolute Gasteiger partial charge is 0.491 e. The third-order valence-electron chi connectivity index (χ3n) is 1.93. The average molecular weight is 305 g/mol. The molecule has 0 saturated heterocycles. The maximum Gasteiger partial charge on any atom is 0.491 e. The molecule has 0 fully saturated rings. The summed E-state index contributed by atoms with van der Waals surface area (Å²) in [6.07, 6.45) is -0.318. The van der Waals surface area contributed by atoms with Gasteiger partial charge in [0.05, 0.1) is 11.7 Å². The Morgan fingerprint density at radius 3 is 2.53 bits per heavy atom. The second-order valence-corrected chi connectivity index (χ2v) is 4.54. The summed E-state index contributed by atoms with van der Waals surface area (Å²) in [4.78, 5) is 11.6. The molecule has 0 amide bonds. The third-order valence-corrected chi connectivity index (χ3v) is 2.58. The van der Waals surface area contributed by atoms with Gasteiger partial charge in [-0.25, -0.2) is 9.18 Å². The Balaban J connectivity index is 3.16. The van der Waals surface area contributed by atoms with Gasteiger partial charge in [0.25, 0.3) is 0 Å². The van der Waals surface area contributed by atoms with E-state index in [1.54, 1.807) is 13.8 Å². The number of benzene rings is 1. The lowest BCUT2D eigenvalue weighted by Crippen LogP contribution is -2.33. The molecule has 0 spiro atoms. The van der Waals surface area contributed by atoms with Crippen LogP contribution in [0.25, 0.3) is 0 Å². The van der Waals surface area contributed by atoms with Crippen molar-refractivity contribution in [2.45, 2.75) is 20.0 Å². The summed E-state index contributed by atoms with van der Waals surface area (Å²) in [6, 6.07) is 2.04. The molecule has 0 aliphatic rings. The minimum Gasteiger partial charge on any atom is -0.459 e. The van der Waals surface area contributed by atoms with Gasteiger partial charge in [0.15, 0.2) is 0 Å². The predicted octanol–water partition coefficient (Wildman–Crippen LogP) is 0.833. The fourth-order valence-corrected chi connectivity index (χ4v) is 1.67. The van der Waals surface area contributed by atoms with E-state index >= 15 is 0 Å². The Bertz CT molecular complexity index is 437. The number of rotatable bonds is 3. The van der Waals surface area contributed by atoms with Gasteiger partial charge in [-0.1, -0.05) is 0 Å². The number of carbonyl (C=O) groups is 1. The van der Waals surface area contributed by atoms with Crippen LogP contribution in [0.1, 0.15) is 24.2 Å². The maximum absolute atomic E-state index is 13.3. The zero-order valence-corrected chi connectivity index (χ0v) is 10.9. The highest BCUT2D eigenvalue weighted by atomic mass is 79.9. The van der Waals surface area contributed by atoms with Crippen LogP contribution in [0.5, 0.6) is 0 Å². The van der Waals surface area contributed by atoms with Crippen molar-refractivity contribution in [3.8, 4) is 0 Å². The molecule has 0 atom stereocenters. The summed E-state index contributed by atoms with van der Waals surface area (Å²) in [5, 5.41) is 17.9. The zero-order chi connectivity index (χ0) is 13.2. The molecule has 92 valence electrons. The Hall–Kier alpha value is -0.915. The van der Waals surface area contributed by atoms with Gasteiger partial charge >= 0.3 is 13.1 Å². The van der Waals surface area contributed by atoms with E-state index in [9.17, 15) is 9.18 Å². The van der Waals surface area contributed by atoms with E-state index in [-0.39, 0.29) is 21.6 Å². The van der Waals surface area contributed by atoms with Gasteiger partial charge < -0.3 is 14.8 Å². The van der Waals surface area contributed by atoms with Crippen LogP contribution in [0, 0.1) is 5.82 Å². The SMILES string of the molecule is CC(C)OC(=O)c1cc(B(O)O)c(F)cc1Br. The Kier molecular flexibility index (Phi) is 4.67. The first kappa shape index (κ1) is 14.1. The second kappa shape index (κ2) is 5.62. The van der Waals surface area contributed by atoms with Crippen molar-refractivity contribution < 1.29 is 24.0 Å². The number of ether oxygens (including phenoxy) is 1. The van der Waals surface area contributed by atoms with Crippen molar-refractivity contribution in [3.63, 3.8) is 0 Å². The van der Waals surface area contributed by atoms with E-state index < -0.39 is 18.9 Å². The molecular formula is C10H11BBrFO4. The molecule has 1 aromatic carbocycles. The second-order valence-electron chi connectivity index (χ2n) is 3.68. The normalized spacial score (nSPS) is 10.5. The van der Waals surface area contributed by atoms with Gasteiger partial charge in [-0.2, -0.15) is 0 Å². The summed E-state index contributed by atoms with van der Waals surface area (Å²) in [5.41, 5.74) is -0.327. The molecule has 0 heterocycles. The van der Waals surface area contributed by atoms with Crippen LogP contribution in [-0.2, 0) is 4.74 Å². The van der Waals surface area contributed by atoms with Gasteiger partial charge in [-0.3, -0.25) is 0 Å². The number of hydrogen-bond acceptors (Lipinski definition) is 4. The summed E-state index contributed by atoms with van der Waals surface area (Å²) in [6.45, 7) is 3.36. The molecular weight excluding hydrogens is 294 g/mol. The Morgan fingerprint density at radius 1 is 1.47 bits per heavy atom. The molecule has 1 rings (SSSR count). The number of carbonyl (C=O) groups excluding carboxylic acids is 1. The van der Waals surface area contributed by atoms with Crippen LogP contribution in [0.3, 0.4) is 0 Å². The van der Waals surface area contributed by atoms with Crippen molar-refractivity contribution in [1.82, 2.24) is 0 Å². The molecule has 0 saturated carbocycles. The van der Waals surface area contributed by atoms with Crippen molar-refractivity contribution in [1.29, 1.82) is 0 Å². The summed E-state index contributed by atoms with van der Waals surface area (Å²) in [7, 11) is -1.98. The van der Waals surface area contributed by atoms with Crippen LogP contribution >= 0.6 is 15.9 Å². The van der Waals surface area contributed by atoms with E-state index in [4.69, 9.17) is 14.8 Å².